The first-order valence-corrected chi connectivity index (χ1v) is 8.87. The minimum absolute atomic E-state index is 0.171. The molecule has 0 aliphatic heterocycles. The second-order valence-electron chi connectivity index (χ2n) is 6.14. The fourth-order valence-electron chi connectivity index (χ4n) is 2.50. The smallest absolute Gasteiger partial charge is 0.209 e. The van der Waals surface area contributed by atoms with E-state index in [0.717, 1.165) is 0 Å². The van der Waals surface area contributed by atoms with E-state index in [1.165, 1.54) is 17.8 Å². The Labute approximate surface area is 158 Å². The van der Waals surface area contributed by atoms with Crippen LogP contribution in [0.25, 0.3) is 11.4 Å². The van der Waals surface area contributed by atoms with Crippen molar-refractivity contribution >= 4 is 20.6 Å². The van der Waals surface area contributed by atoms with Gasteiger partial charge >= 0.3 is 0 Å². The number of tetrazole rings is 1. The van der Waals surface area contributed by atoms with E-state index in [2.05, 4.69) is 30.0 Å². The number of methoxy groups -OCH3 is 1. The van der Waals surface area contributed by atoms with Gasteiger partial charge in [0.25, 0.3) is 0 Å². The van der Waals surface area contributed by atoms with Gasteiger partial charge in [0.15, 0.2) is 0 Å². The molecule has 2 unspecified atom stereocenters. The Hall–Kier alpha value is -2.44. The van der Waals surface area contributed by atoms with Gasteiger partial charge in [0.1, 0.15) is 11.2 Å². The minimum atomic E-state index is -1.51. The molecule has 0 saturated carbocycles. The van der Waals surface area contributed by atoms with Gasteiger partial charge in [-0.05, 0) is 42.0 Å². The Morgan fingerprint density at radius 1 is 1.22 bits per heavy atom. The molecule has 1 aromatic heterocycles. The molecule has 2 aromatic carbocycles. The molecule has 0 amide bonds. The number of alkyl halides is 1. The maximum Gasteiger partial charge on any atom is 0.209 e. The fourth-order valence-corrected chi connectivity index (χ4v) is 2.69. The van der Waals surface area contributed by atoms with Crippen molar-refractivity contribution in [3.63, 3.8) is 0 Å². The summed E-state index contributed by atoms with van der Waals surface area (Å²) in [5, 5.41) is 13.7. The third-order valence-corrected chi connectivity index (χ3v) is 4.25. The van der Waals surface area contributed by atoms with Gasteiger partial charge in [0, 0.05) is 12.8 Å². The molecule has 9 heteroatoms. The predicted octanol–water partition coefficient (Wildman–Crippen LogP) is 3.89. The first kappa shape index (κ1) is 19.3. The van der Waals surface area contributed by atoms with Crippen LogP contribution < -0.4 is 5.32 Å². The van der Waals surface area contributed by atoms with Crippen molar-refractivity contribution in [3.8, 4) is 11.4 Å². The summed E-state index contributed by atoms with van der Waals surface area (Å²) in [5.41, 5.74) is 1.92. The molecule has 27 heavy (non-hydrogen) atoms. The second kappa shape index (κ2) is 8.06. The number of aromatic nitrogens is 4. The molecule has 0 saturated heterocycles. The summed E-state index contributed by atoms with van der Waals surface area (Å²) in [7, 11) is 3.73. The summed E-state index contributed by atoms with van der Waals surface area (Å²) < 4.78 is 33.4. The van der Waals surface area contributed by atoms with Crippen LogP contribution in [0.4, 0.5) is 20.2 Å². The first-order chi connectivity index (χ1) is 12.9. The maximum atomic E-state index is 14.5. The third-order valence-electron chi connectivity index (χ3n) is 3.91. The molecular weight excluding hydrogens is 371 g/mol. The highest BCUT2D eigenvalue weighted by Crippen LogP contribution is 2.34. The van der Waals surface area contributed by atoms with Crippen molar-refractivity contribution in [2.75, 3.05) is 19.0 Å². The molecule has 0 aliphatic carbocycles. The van der Waals surface area contributed by atoms with Crippen LogP contribution in [0, 0.1) is 5.82 Å². The Bertz CT molecular complexity index is 909. The number of rotatable bonds is 7. The number of ether oxygens (including phenoxy) is 1. The molecular formula is C18H20F2N5OP. The largest absolute Gasteiger partial charge is 0.383 e. The summed E-state index contributed by atoms with van der Waals surface area (Å²) in [6.07, 6.45) is 0. The van der Waals surface area contributed by atoms with Crippen LogP contribution in [0.2, 0.25) is 0 Å². The van der Waals surface area contributed by atoms with E-state index in [-0.39, 0.29) is 11.4 Å². The lowest BCUT2D eigenvalue weighted by Crippen LogP contribution is -2.07. The van der Waals surface area contributed by atoms with Gasteiger partial charge in [-0.15, -0.1) is 10.2 Å². The lowest BCUT2D eigenvalue weighted by molar-refractivity contribution is 0.178. The maximum absolute atomic E-state index is 14.5. The molecule has 142 valence electrons. The molecule has 0 radical (unpaired) electrons. The van der Waals surface area contributed by atoms with Gasteiger partial charge in [-0.2, -0.15) is 4.80 Å². The number of hydrogen-bond acceptors (Lipinski definition) is 5. The predicted molar refractivity (Wildman–Crippen MR) is 103 cm³/mol. The van der Waals surface area contributed by atoms with E-state index in [1.807, 2.05) is 0 Å². The van der Waals surface area contributed by atoms with E-state index < -0.39 is 11.2 Å². The summed E-state index contributed by atoms with van der Waals surface area (Å²) in [6, 6.07) is 11.5. The lowest BCUT2D eigenvalue weighted by atomic mass is 10.1. The molecule has 6 nitrogen and oxygen atoms in total. The van der Waals surface area contributed by atoms with E-state index in [1.54, 1.807) is 43.5 Å². The van der Waals surface area contributed by atoms with Crippen molar-refractivity contribution < 1.29 is 13.5 Å². The van der Waals surface area contributed by atoms with E-state index in [0.29, 0.717) is 30.1 Å². The van der Waals surface area contributed by atoms with Crippen molar-refractivity contribution in [1.82, 2.24) is 20.2 Å². The number of halogens is 2. The average molecular weight is 391 g/mol. The number of anilines is 2. The van der Waals surface area contributed by atoms with E-state index in [9.17, 15) is 8.78 Å². The van der Waals surface area contributed by atoms with Crippen molar-refractivity contribution in [3.05, 3.63) is 53.8 Å². The standard InChI is InChI=1S/C18H20F2N5OP/c1-18(20,27)12-6-8-13(9-7-12)21-15-5-3-4-14(19)16(15)17-22-24-25(23-17)10-11-26-2/h3-9,21H,10-11,27H2,1-2H3. The monoisotopic (exact) mass is 391 g/mol. The van der Waals surface area contributed by atoms with Gasteiger partial charge in [-0.25, -0.2) is 8.78 Å². The summed E-state index contributed by atoms with van der Waals surface area (Å²) >= 11 is 0. The Morgan fingerprint density at radius 3 is 2.63 bits per heavy atom. The zero-order valence-corrected chi connectivity index (χ0v) is 16.1. The highest BCUT2D eigenvalue weighted by Gasteiger charge is 2.19. The second-order valence-corrected chi connectivity index (χ2v) is 7.23. The van der Waals surface area contributed by atoms with E-state index >= 15 is 0 Å². The topological polar surface area (TPSA) is 64.9 Å². The van der Waals surface area contributed by atoms with Crippen LogP contribution in [-0.2, 0) is 16.7 Å². The molecule has 3 rings (SSSR count). The Morgan fingerprint density at radius 2 is 1.96 bits per heavy atom. The molecule has 2 atom stereocenters. The SMILES string of the molecule is COCCn1nnc(-c2c(F)cccc2Nc2ccc(C(C)(F)P)cc2)n1. The van der Waals surface area contributed by atoms with Gasteiger partial charge in [-0.3, -0.25) is 0 Å². The van der Waals surface area contributed by atoms with Crippen LogP contribution in [-0.4, -0.2) is 33.9 Å². The molecule has 0 bridgehead atoms. The van der Waals surface area contributed by atoms with Crippen molar-refractivity contribution in [2.24, 2.45) is 0 Å². The number of nitrogens with one attached hydrogen (secondary N) is 1. The van der Waals surface area contributed by atoms with Gasteiger partial charge in [-0.1, -0.05) is 27.4 Å². The minimum Gasteiger partial charge on any atom is -0.383 e. The molecule has 0 fully saturated rings. The summed E-state index contributed by atoms with van der Waals surface area (Å²) in [5.74, 6) is -0.297. The van der Waals surface area contributed by atoms with Crippen LogP contribution >= 0.6 is 9.24 Å². The molecule has 0 spiro atoms. The van der Waals surface area contributed by atoms with Crippen LogP contribution in [0.1, 0.15) is 12.5 Å². The van der Waals surface area contributed by atoms with Crippen molar-refractivity contribution in [2.45, 2.75) is 18.9 Å². The number of benzene rings is 2. The first-order valence-electron chi connectivity index (χ1n) is 8.29. The van der Waals surface area contributed by atoms with Crippen molar-refractivity contribution in [1.29, 1.82) is 0 Å². The molecule has 1 N–H and O–H groups in total. The number of nitrogens with zero attached hydrogens (tertiary/aromatic N) is 4. The normalized spacial score (nSPS) is 13.4. The highest BCUT2D eigenvalue weighted by atomic mass is 31.0. The van der Waals surface area contributed by atoms with Crippen LogP contribution in [0.5, 0.6) is 0 Å². The van der Waals surface area contributed by atoms with Gasteiger partial charge in [0.05, 0.1) is 24.4 Å². The lowest BCUT2D eigenvalue weighted by Gasteiger charge is -2.16. The zero-order chi connectivity index (χ0) is 19.4. The molecule has 0 aliphatic rings. The number of hydrogen-bond donors (Lipinski definition) is 1. The summed E-state index contributed by atoms with van der Waals surface area (Å²) in [6.45, 7) is 2.30. The van der Waals surface area contributed by atoms with Crippen LogP contribution in [0.15, 0.2) is 42.5 Å². The van der Waals surface area contributed by atoms with E-state index in [4.69, 9.17) is 4.74 Å². The Kier molecular flexibility index (Phi) is 5.77. The van der Waals surface area contributed by atoms with Gasteiger partial charge in [0.2, 0.25) is 5.82 Å². The zero-order valence-electron chi connectivity index (χ0n) is 15.0. The highest BCUT2D eigenvalue weighted by molar-refractivity contribution is 7.18. The molecule has 3 aromatic rings. The molecule has 1 heterocycles. The van der Waals surface area contributed by atoms with Gasteiger partial charge < -0.3 is 10.1 Å². The Balaban J connectivity index is 1.88. The van der Waals surface area contributed by atoms with Crippen LogP contribution in [0.3, 0.4) is 0 Å². The summed E-state index contributed by atoms with van der Waals surface area (Å²) in [4.78, 5) is 1.35. The quantitative estimate of drug-likeness (QED) is 0.619. The average Bonchev–Trinajstić information content (AvgIpc) is 3.08. The third kappa shape index (κ3) is 4.64. The fraction of sp³-hybridized carbons (Fsp3) is 0.278.